The van der Waals surface area contributed by atoms with Gasteiger partial charge in [0, 0.05) is 0 Å². The molecule has 144 valence electrons. The Labute approximate surface area is 148 Å². The van der Waals surface area contributed by atoms with Gasteiger partial charge in [-0.05, 0) is 37.5 Å². The smallest absolute Gasteiger partial charge is 0.128 e. The summed E-state index contributed by atoms with van der Waals surface area (Å²) in [5, 5.41) is 0. The Balaban J connectivity index is 3.77. The van der Waals surface area contributed by atoms with Gasteiger partial charge in [-0.3, -0.25) is 0 Å². The second-order valence-electron chi connectivity index (χ2n) is 7.35. The fourth-order valence-corrected chi connectivity index (χ4v) is 2.94. The molecule has 0 bridgehead atoms. The van der Waals surface area contributed by atoms with Gasteiger partial charge in [-0.15, -0.1) is 0 Å². The highest BCUT2D eigenvalue weighted by Crippen LogP contribution is 2.37. The van der Waals surface area contributed by atoms with Gasteiger partial charge in [-0.25, -0.2) is 0 Å². The Morgan fingerprint density at radius 3 is 1.44 bits per heavy atom. The van der Waals surface area contributed by atoms with Gasteiger partial charge in [0.05, 0.1) is 23.2 Å². The first kappa shape index (κ1) is 21.9. The van der Waals surface area contributed by atoms with Crippen molar-refractivity contribution in [1.29, 1.82) is 0 Å². The van der Waals surface area contributed by atoms with Crippen molar-refractivity contribution in [1.82, 2.24) is 0 Å². The Bertz CT molecular complexity index is 616. The molecule has 1 aromatic carbocycles. The summed E-state index contributed by atoms with van der Waals surface area (Å²) in [5.74, 6) is -3.39. The molecule has 2 atom stereocenters. The van der Waals surface area contributed by atoms with Gasteiger partial charge >= 0.3 is 0 Å². The lowest BCUT2D eigenvalue weighted by Gasteiger charge is -2.47. The molecule has 0 fully saturated rings. The van der Waals surface area contributed by atoms with E-state index in [9.17, 15) is 0 Å². The van der Waals surface area contributed by atoms with Gasteiger partial charge in [-0.1, -0.05) is 18.2 Å². The van der Waals surface area contributed by atoms with Crippen molar-refractivity contribution < 1.29 is 0 Å². The van der Waals surface area contributed by atoms with Gasteiger partial charge in [-0.2, -0.15) is 0 Å². The van der Waals surface area contributed by atoms with Gasteiger partial charge in [0.2, 0.25) is 0 Å². The number of nitrogens with two attached hydrogens (primary N) is 10. The van der Waals surface area contributed by atoms with Gasteiger partial charge in [0.1, 0.15) is 11.6 Å². The molecular weight excluding hydrogens is 320 g/mol. The van der Waals surface area contributed by atoms with Gasteiger partial charge < -0.3 is 57.3 Å². The van der Waals surface area contributed by atoms with Crippen molar-refractivity contribution in [3.8, 4) is 0 Å². The van der Waals surface area contributed by atoms with Crippen molar-refractivity contribution in [2.75, 3.05) is 0 Å². The largest absolute Gasteiger partial charge is 0.315 e. The molecule has 0 saturated heterocycles. The number of rotatable bonds is 6. The SMILES string of the molecule is Cc1ccc(C(C)(C(N)N)C(N)(N)N)cc1C(C)(C(N)N)C(N)(N)N. The summed E-state index contributed by atoms with van der Waals surface area (Å²) < 4.78 is 0. The maximum Gasteiger partial charge on any atom is 0.128 e. The van der Waals surface area contributed by atoms with Crippen LogP contribution in [-0.2, 0) is 10.8 Å². The molecule has 2 unspecified atom stereocenters. The summed E-state index contributed by atoms with van der Waals surface area (Å²) in [6.45, 7) is 5.21. The third kappa shape index (κ3) is 3.41. The zero-order valence-corrected chi connectivity index (χ0v) is 15.2. The lowest BCUT2D eigenvalue weighted by molar-refractivity contribution is 0.199. The normalized spacial score (nSPS) is 18.4. The molecule has 20 N–H and O–H groups in total. The molecule has 25 heavy (non-hydrogen) atoms. The second-order valence-corrected chi connectivity index (χ2v) is 7.35. The molecule has 1 aromatic rings. The molecule has 0 aliphatic rings. The first-order valence-electron chi connectivity index (χ1n) is 7.88. The van der Waals surface area contributed by atoms with Crippen LogP contribution >= 0.6 is 0 Å². The first-order valence-corrected chi connectivity index (χ1v) is 7.88. The van der Waals surface area contributed by atoms with Crippen molar-refractivity contribution in [3.63, 3.8) is 0 Å². The van der Waals surface area contributed by atoms with Crippen LogP contribution in [0.3, 0.4) is 0 Å². The monoisotopic (exact) mass is 354 g/mol. The van der Waals surface area contributed by atoms with Crippen molar-refractivity contribution in [2.24, 2.45) is 57.3 Å². The van der Waals surface area contributed by atoms with E-state index in [1.165, 1.54) is 0 Å². The molecule has 0 radical (unpaired) electrons. The van der Waals surface area contributed by atoms with Crippen LogP contribution in [0.1, 0.15) is 30.5 Å². The number of benzene rings is 1. The summed E-state index contributed by atoms with van der Waals surface area (Å²) in [5.41, 5.74) is 59.4. The molecule has 0 aliphatic heterocycles. The van der Waals surface area contributed by atoms with Crippen molar-refractivity contribution in [2.45, 2.75) is 55.5 Å². The Morgan fingerprint density at radius 2 is 1.12 bits per heavy atom. The van der Waals surface area contributed by atoms with Crippen LogP contribution in [0, 0.1) is 6.92 Å². The minimum absolute atomic E-state index is 0.590. The summed E-state index contributed by atoms with van der Waals surface area (Å²) in [6.07, 6.45) is -1.89. The lowest BCUT2D eigenvalue weighted by atomic mass is 9.68. The average molecular weight is 355 g/mol. The van der Waals surface area contributed by atoms with E-state index in [-0.39, 0.29) is 0 Å². The lowest BCUT2D eigenvalue weighted by Crippen LogP contribution is -2.77. The van der Waals surface area contributed by atoms with Crippen LogP contribution in [0.5, 0.6) is 0 Å². The van der Waals surface area contributed by atoms with E-state index in [1.807, 2.05) is 13.0 Å². The highest BCUT2D eigenvalue weighted by atomic mass is 15.2. The van der Waals surface area contributed by atoms with Gasteiger partial charge in [0.15, 0.2) is 0 Å². The van der Waals surface area contributed by atoms with Crippen LogP contribution in [0.2, 0.25) is 0 Å². The minimum Gasteiger partial charge on any atom is -0.315 e. The Morgan fingerprint density at radius 1 is 0.720 bits per heavy atom. The quantitative estimate of drug-likeness (QED) is 0.221. The Kier molecular flexibility index (Phi) is 5.70. The molecule has 0 heterocycles. The van der Waals surface area contributed by atoms with Crippen LogP contribution in [0.15, 0.2) is 18.2 Å². The molecule has 0 spiro atoms. The van der Waals surface area contributed by atoms with E-state index in [1.54, 1.807) is 26.0 Å². The second kappa shape index (κ2) is 6.52. The van der Waals surface area contributed by atoms with E-state index in [4.69, 9.17) is 57.3 Å². The highest BCUT2D eigenvalue weighted by molar-refractivity contribution is 5.44. The third-order valence-corrected chi connectivity index (χ3v) is 5.53. The van der Waals surface area contributed by atoms with E-state index in [0.29, 0.717) is 11.1 Å². The fraction of sp³-hybridized carbons (Fsp3) is 0.600. The summed E-state index contributed by atoms with van der Waals surface area (Å²) in [6, 6.07) is 5.33. The zero-order valence-electron chi connectivity index (χ0n) is 15.2. The maximum atomic E-state index is 5.99. The van der Waals surface area contributed by atoms with E-state index in [0.717, 1.165) is 5.56 Å². The molecule has 0 saturated carbocycles. The molecule has 0 aliphatic carbocycles. The molecule has 0 amide bonds. The third-order valence-electron chi connectivity index (χ3n) is 5.53. The number of hydrogen-bond acceptors (Lipinski definition) is 10. The molecule has 10 nitrogen and oxygen atoms in total. The standard InChI is InChI=1S/C15H34N10/c1-7-4-5-8(12(2,10(16)17)14(20,21)22)6-9(7)13(3,11(18)19)15(23,24)25/h4-6,10-11H,16-25H2,1-3H3. The number of hydrogen-bond donors (Lipinski definition) is 10. The summed E-state index contributed by atoms with van der Waals surface area (Å²) in [7, 11) is 0. The van der Waals surface area contributed by atoms with Crippen molar-refractivity contribution >= 4 is 0 Å². The van der Waals surface area contributed by atoms with E-state index in [2.05, 4.69) is 0 Å². The van der Waals surface area contributed by atoms with Crippen LogP contribution in [0.4, 0.5) is 0 Å². The summed E-state index contributed by atoms with van der Waals surface area (Å²) in [4.78, 5) is 0. The van der Waals surface area contributed by atoms with Crippen LogP contribution in [0.25, 0.3) is 0 Å². The van der Waals surface area contributed by atoms with Crippen LogP contribution in [-0.4, -0.2) is 23.9 Å². The van der Waals surface area contributed by atoms with Crippen molar-refractivity contribution in [3.05, 3.63) is 34.9 Å². The summed E-state index contributed by atoms with van der Waals surface area (Å²) >= 11 is 0. The van der Waals surface area contributed by atoms with Crippen LogP contribution < -0.4 is 57.3 Å². The maximum absolute atomic E-state index is 5.99. The molecule has 0 aromatic heterocycles. The molecule has 10 heteroatoms. The Hall–Kier alpha value is -1.18. The zero-order chi connectivity index (χ0) is 20.0. The highest BCUT2D eigenvalue weighted by Gasteiger charge is 2.49. The first-order chi connectivity index (χ1) is 11.0. The van der Waals surface area contributed by atoms with Gasteiger partial charge in [0.25, 0.3) is 0 Å². The predicted octanol–water partition coefficient (Wildman–Crippen LogP) is -3.94. The van der Waals surface area contributed by atoms with E-state index >= 15 is 0 Å². The van der Waals surface area contributed by atoms with E-state index < -0.39 is 34.7 Å². The predicted molar refractivity (Wildman–Crippen MR) is 101 cm³/mol. The topological polar surface area (TPSA) is 260 Å². The number of aryl methyl sites for hydroxylation is 1. The fourth-order valence-electron chi connectivity index (χ4n) is 2.94. The minimum atomic E-state index is -1.70. The average Bonchev–Trinajstić information content (AvgIpc) is 2.43. The molecule has 1 rings (SSSR count). The molecular formula is C15H34N10.